The SMILES string of the molecule is COc1ccc(OC)c(C(=O)/C=C/c2ccc(C(=O)O)cc2)c1. The number of ketones is 1. The molecule has 1 N–H and O–H groups in total. The molecule has 2 aromatic rings. The molecule has 0 spiro atoms. The van der Waals surface area contributed by atoms with Gasteiger partial charge in [-0.3, -0.25) is 4.79 Å². The maximum atomic E-state index is 12.3. The van der Waals surface area contributed by atoms with Crippen LogP contribution in [0.4, 0.5) is 0 Å². The standard InChI is InChI=1S/C18H16O5/c1-22-14-8-10-17(23-2)15(11-14)16(19)9-5-12-3-6-13(7-4-12)18(20)21/h3-11H,1-2H3,(H,20,21)/b9-5+. The molecule has 0 aliphatic heterocycles. The molecular weight excluding hydrogens is 296 g/mol. The third kappa shape index (κ3) is 3.97. The van der Waals surface area contributed by atoms with Gasteiger partial charge in [-0.1, -0.05) is 18.2 Å². The first kappa shape index (κ1) is 16.3. The molecule has 5 heteroatoms. The third-order valence-corrected chi connectivity index (χ3v) is 3.26. The molecule has 0 heterocycles. The van der Waals surface area contributed by atoms with E-state index in [0.717, 1.165) is 5.56 Å². The summed E-state index contributed by atoms with van der Waals surface area (Å²) < 4.78 is 10.3. The lowest BCUT2D eigenvalue weighted by molar-refractivity contribution is 0.0696. The maximum Gasteiger partial charge on any atom is 0.335 e. The molecule has 0 fully saturated rings. The van der Waals surface area contributed by atoms with Gasteiger partial charge in [-0.05, 0) is 42.0 Å². The maximum absolute atomic E-state index is 12.3. The number of carbonyl (C=O) groups excluding carboxylic acids is 1. The number of rotatable bonds is 6. The van der Waals surface area contributed by atoms with Crippen LogP contribution in [0.1, 0.15) is 26.3 Å². The van der Waals surface area contributed by atoms with Crippen LogP contribution in [-0.2, 0) is 0 Å². The van der Waals surface area contributed by atoms with E-state index in [9.17, 15) is 9.59 Å². The quantitative estimate of drug-likeness (QED) is 0.654. The number of allylic oxidation sites excluding steroid dienone is 1. The highest BCUT2D eigenvalue weighted by molar-refractivity contribution is 6.08. The van der Waals surface area contributed by atoms with Gasteiger partial charge < -0.3 is 14.6 Å². The smallest absolute Gasteiger partial charge is 0.335 e. The van der Waals surface area contributed by atoms with E-state index in [-0.39, 0.29) is 11.3 Å². The van der Waals surface area contributed by atoms with Crippen LogP contribution in [0.2, 0.25) is 0 Å². The summed E-state index contributed by atoms with van der Waals surface area (Å²) in [5.41, 5.74) is 1.32. The molecule has 0 amide bonds. The molecule has 0 aliphatic rings. The topological polar surface area (TPSA) is 72.8 Å². The molecule has 0 bridgehead atoms. The molecule has 0 aliphatic carbocycles. The summed E-state index contributed by atoms with van der Waals surface area (Å²) in [7, 11) is 3.02. The van der Waals surface area contributed by atoms with Crippen molar-refractivity contribution in [2.45, 2.75) is 0 Å². The highest BCUT2D eigenvalue weighted by Crippen LogP contribution is 2.24. The molecule has 0 aromatic heterocycles. The summed E-state index contributed by atoms with van der Waals surface area (Å²) >= 11 is 0. The monoisotopic (exact) mass is 312 g/mol. The Bertz CT molecular complexity index is 745. The van der Waals surface area contributed by atoms with Crippen molar-refractivity contribution >= 4 is 17.8 Å². The molecular formula is C18H16O5. The first-order valence-electron chi connectivity index (χ1n) is 6.83. The van der Waals surface area contributed by atoms with Crippen molar-refractivity contribution in [3.05, 3.63) is 65.2 Å². The van der Waals surface area contributed by atoms with E-state index >= 15 is 0 Å². The van der Waals surface area contributed by atoms with Crippen molar-refractivity contribution < 1.29 is 24.2 Å². The molecule has 0 saturated carbocycles. The van der Waals surface area contributed by atoms with Crippen molar-refractivity contribution in [1.82, 2.24) is 0 Å². The van der Waals surface area contributed by atoms with Crippen molar-refractivity contribution in [3.63, 3.8) is 0 Å². The van der Waals surface area contributed by atoms with Crippen LogP contribution in [0.3, 0.4) is 0 Å². The van der Waals surface area contributed by atoms with Gasteiger partial charge in [0.1, 0.15) is 11.5 Å². The minimum atomic E-state index is -0.988. The molecule has 118 valence electrons. The van der Waals surface area contributed by atoms with Gasteiger partial charge in [0, 0.05) is 0 Å². The van der Waals surface area contributed by atoms with E-state index in [4.69, 9.17) is 14.6 Å². The van der Waals surface area contributed by atoms with Gasteiger partial charge in [0.15, 0.2) is 5.78 Å². The number of hydrogen-bond acceptors (Lipinski definition) is 4. The van der Waals surface area contributed by atoms with Crippen LogP contribution >= 0.6 is 0 Å². The van der Waals surface area contributed by atoms with Crippen LogP contribution in [0.15, 0.2) is 48.5 Å². The summed E-state index contributed by atoms with van der Waals surface area (Å²) in [5, 5.41) is 8.85. The Morgan fingerprint density at radius 1 is 1.00 bits per heavy atom. The average Bonchev–Trinajstić information content (AvgIpc) is 2.59. The Morgan fingerprint density at radius 2 is 1.70 bits per heavy atom. The predicted octanol–water partition coefficient (Wildman–Crippen LogP) is 3.30. The van der Waals surface area contributed by atoms with E-state index in [1.807, 2.05) is 0 Å². The van der Waals surface area contributed by atoms with Crippen molar-refractivity contribution in [1.29, 1.82) is 0 Å². The van der Waals surface area contributed by atoms with E-state index in [0.29, 0.717) is 17.1 Å². The van der Waals surface area contributed by atoms with Gasteiger partial charge >= 0.3 is 5.97 Å². The van der Waals surface area contributed by atoms with Gasteiger partial charge in [0.25, 0.3) is 0 Å². The molecule has 0 saturated heterocycles. The molecule has 5 nitrogen and oxygen atoms in total. The molecule has 0 radical (unpaired) electrons. The number of carboxylic acid groups (broad SMARTS) is 1. The van der Waals surface area contributed by atoms with Crippen LogP contribution in [0, 0.1) is 0 Å². The van der Waals surface area contributed by atoms with Crippen LogP contribution < -0.4 is 9.47 Å². The molecule has 2 rings (SSSR count). The fraction of sp³-hybridized carbons (Fsp3) is 0.111. The normalized spacial score (nSPS) is 10.5. The Labute approximate surface area is 133 Å². The number of benzene rings is 2. The lowest BCUT2D eigenvalue weighted by Gasteiger charge is -2.07. The summed E-state index contributed by atoms with van der Waals surface area (Å²) in [6, 6.07) is 11.2. The van der Waals surface area contributed by atoms with Gasteiger partial charge in [0.2, 0.25) is 0 Å². The van der Waals surface area contributed by atoms with Gasteiger partial charge in [0.05, 0.1) is 25.3 Å². The lowest BCUT2D eigenvalue weighted by Crippen LogP contribution is -2.00. The Balaban J connectivity index is 2.22. The van der Waals surface area contributed by atoms with E-state index < -0.39 is 5.97 Å². The first-order chi connectivity index (χ1) is 11.0. The van der Waals surface area contributed by atoms with Crippen molar-refractivity contribution in [3.8, 4) is 11.5 Å². The number of carbonyl (C=O) groups is 2. The number of aromatic carboxylic acids is 1. The zero-order valence-electron chi connectivity index (χ0n) is 12.8. The van der Waals surface area contributed by atoms with E-state index in [1.54, 1.807) is 36.4 Å². The fourth-order valence-electron chi connectivity index (χ4n) is 2.01. The van der Waals surface area contributed by atoms with Gasteiger partial charge in [-0.25, -0.2) is 4.79 Å². The Kier molecular flexibility index (Phi) is 5.15. The Hall–Kier alpha value is -3.08. The minimum Gasteiger partial charge on any atom is -0.497 e. The minimum absolute atomic E-state index is 0.197. The van der Waals surface area contributed by atoms with Crippen LogP contribution in [0.25, 0.3) is 6.08 Å². The summed E-state index contributed by atoms with van der Waals surface area (Å²) in [6.45, 7) is 0. The highest BCUT2D eigenvalue weighted by atomic mass is 16.5. The van der Waals surface area contributed by atoms with E-state index in [1.165, 1.54) is 32.4 Å². The summed E-state index contributed by atoms with van der Waals surface area (Å²) in [6.07, 6.45) is 3.03. The molecule has 0 unspecified atom stereocenters. The van der Waals surface area contributed by atoms with Crippen molar-refractivity contribution in [2.75, 3.05) is 14.2 Å². The highest BCUT2D eigenvalue weighted by Gasteiger charge is 2.11. The van der Waals surface area contributed by atoms with E-state index in [2.05, 4.69) is 0 Å². The zero-order valence-corrected chi connectivity index (χ0v) is 12.8. The predicted molar refractivity (Wildman–Crippen MR) is 86.3 cm³/mol. The second-order valence-electron chi connectivity index (χ2n) is 4.69. The fourth-order valence-corrected chi connectivity index (χ4v) is 2.01. The third-order valence-electron chi connectivity index (χ3n) is 3.26. The van der Waals surface area contributed by atoms with Crippen LogP contribution in [0.5, 0.6) is 11.5 Å². The number of ether oxygens (including phenoxy) is 2. The largest absolute Gasteiger partial charge is 0.497 e. The number of carboxylic acids is 1. The average molecular weight is 312 g/mol. The number of hydrogen-bond donors (Lipinski definition) is 1. The van der Waals surface area contributed by atoms with Crippen LogP contribution in [-0.4, -0.2) is 31.1 Å². The second-order valence-corrected chi connectivity index (χ2v) is 4.69. The molecule has 23 heavy (non-hydrogen) atoms. The molecule has 2 aromatic carbocycles. The first-order valence-corrected chi connectivity index (χ1v) is 6.83. The van der Waals surface area contributed by atoms with Gasteiger partial charge in [-0.15, -0.1) is 0 Å². The van der Waals surface area contributed by atoms with Gasteiger partial charge in [-0.2, -0.15) is 0 Å². The summed E-state index contributed by atoms with van der Waals surface area (Å²) in [4.78, 5) is 23.1. The zero-order chi connectivity index (χ0) is 16.8. The molecule has 0 atom stereocenters. The lowest BCUT2D eigenvalue weighted by atomic mass is 10.1. The Morgan fingerprint density at radius 3 is 2.26 bits per heavy atom. The summed E-state index contributed by atoms with van der Waals surface area (Å²) in [5.74, 6) is -0.198. The van der Waals surface area contributed by atoms with Crippen molar-refractivity contribution in [2.24, 2.45) is 0 Å². The second kappa shape index (κ2) is 7.26. The number of methoxy groups -OCH3 is 2.